The molecule has 0 saturated carbocycles. The molecule has 0 fully saturated rings. The van der Waals surface area contributed by atoms with Crippen LogP contribution in [0.5, 0.6) is 23.0 Å². The lowest BCUT2D eigenvalue weighted by Crippen LogP contribution is -1.95. The van der Waals surface area contributed by atoms with E-state index in [2.05, 4.69) is 0 Å². The molecule has 0 unspecified atom stereocenters. The molecule has 0 bridgehead atoms. The van der Waals surface area contributed by atoms with E-state index in [-0.39, 0.29) is 5.75 Å². The minimum Gasteiger partial charge on any atom is -0.496 e. The highest BCUT2D eigenvalue weighted by molar-refractivity contribution is 5.44. The summed E-state index contributed by atoms with van der Waals surface area (Å²) in [5.41, 5.74) is 0.489. The summed E-state index contributed by atoms with van der Waals surface area (Å²) in [6, 6.07) is 9.29. The van der Waals surface area contributed by atoms with Crippen LogP contribution < -0.4 is 14.2 Å². The Morgan fingerprint density at radius 2 is 1.52 bits per heavy atom. The van der Waals surface area contributed by atoms with Crippen molar-refractivity contribution in [3.63, 3.8) is 0 Å². The van der Waals surface area contributed by atoms with Crippen molar-refractivity contribution in [1.29, 1.82) is 0 Å². The normalized spacial score (nSPS) is 11.9. The SMILES string of the molecule is COc1cc(OC)cc(Oc2ccc([C@@H](C)O)cc2F)c1. The molecule has 1 N–H and O–H groups in total. The molecule has 112 valence electrons. The molecule has 4 nitrogen and oxygen atoms in total. The number of hydrogen-bond donors (Lipinski definition) is 1. The zero-order valence-corrected chi connectivity index (χ0v) is 12.1. The molecule has 0 aliphatic carbocycles. The molecule has 0 aliphatic rings. The summed E-state index contributed by atoms with van der Waals surface area (Å²) in [6.07, 6.45) is -0.731. The zero-order chi connectivity index (χ0) is 15.4. The Balaban J connectivity index is 2.29. The van der Waals surface area contributed by atoms with Gasteiger partial charge in [-0.3, -0.25) is 0 Å². The predicted molar refractivity (Wildman–Crippen MR) is 76.7 cm³/mol. The van der Waals surface area contributed by atoms with Gasteiger partial charge in [0.25, 0.3) is 0 Å². The van der Waals surface area contributed by atoms with Gasteiger partial charge in [-0.25, -0.2) is 4.39 Å². The first-order valence-electron chi connectivity index (χ1n) is 6.42. The number of ether oxygens (including phenoxy) is 3. The van der Waals surface area contributed by atoms with Gasteiger partial charge in [0.2, 0.25) is 0 Å². The van der Waals surface area contributed by atoms with Gasteiger partial charge in [-0.05, 0) is 24.6 Å². The maximum absolute atomic E-state index is 14.0. The van der Waals surface area contributed by atoms with Gasteiger partial charge >= 0.3 is 0 Å². The number of aliphatic hydroxyl groups excluding tert-OH is 1. The van der Waals surface area contributed by atoms with E-state index in [4.69, 9.17) is 14.2 Å². The Kier molecular flexibility index (Phi) is 4.65. The van der Waals surface area contributed by atoms with Gasteiger partial charge in [-0.15, -0.1) is 0 Å². The molecule has 0 aromatic heterocycles. The molecule has 2 rings (SSSR count). The van der Waals surface area contributed by atoms with E-state index >= 15 is 0 Å². The van der Waals surface area contributed by atoms with Crippen LogP contribution in [0.25, 0.3) is 0 Å². The second kappa shape index (κ2) is 6.45. The van der Waals surface area contributed by atoms with Gasteiger partial charge in [0.05, 0.1) is 20.3 Å². The molecule has 1 atom stereocenters. The van der Waals surface area contributed by atoms with Crippen LogP contribution in [0.1, 0.15) is 18.6 Å². The van der Waals surface area contributed by atoms with Crippen molar-refractivity contribution < 1.29 is 23.7 Å². The lowest BCUT2D eigenvalue weighted by molar-refractivity contribution is 0.198. The van der Waals surface area contributed by atoms with Crippen LogP contribution in [0.4, 0.5) is 4.39 Å². The van der Waals surface area contributed by atoms with E-state index in [1.807, 2.05) is 0 Å². The summed E-state index contributed by atoms with van der Waals surface area (Å²) in [6.45, 7) is 1.57. The Labute approximate surface area is 122 Å². The molecular formula is C16H17FO4. The van der Waals surface area contributed by atoms with Crippen LogP contribution >= 0.6 is 0 Å². The Morgan fingerprint density at radius 3 is 2.00 bits per heavy atom. The first-order valence-corrected chi connectivity index (χ1v) is 6.42. The van der Waals surface area contributed by atoms with Crippen LogP contribution in [0, 0.1) is 5.82 Å². The van der Waals surface area contributed by atoms with E-state index in [0.717, 1.165) is 0 Å². The third kappa shape index (κ3) is 3.64. The molecular weight excluding hydrogens is 275 g/mol. The summed E-state index contributed by atoms with van der Waals surface area (Å²) >= 11 is 0. The fourth-order valence-corrected chi connectivity index (χ4v) is 1.83. The average Bonchev–Trinajstić information content (AvgIpc) is 2.48. The highest BCUT2D eigenvalue weighted by Gasteiger charge is 2.10. The summed E-state index contributed by atoms with van der Waals surface area (Å²) < 4.78 is 29.7. The van der Waals surface area contributed by atoms with E-state index in [1.54, 1.807) is 31.2 Å². The van der Waals surface area contributed by atoms with E-state index in [1.165, 1.54) is 26.4 Å². The summed E-state index contributed by atoms with van der Waals surface area (Å²) in [7, 11) is 3.05. The van der Waals surface area contributed by atoms with Gasteiger partial charge < -0.3 is 19.3 Å². The topological polar surface area (TPSA) is 47.9 Å². The van der Waals surface area contributed by atoms with Gasteiger partial charge in [-0.1, -0.05) is 6.07 Å². The van der Waals surface area contributed by atoms with Gasteiger partial charge in [0.15, 0.2) is 11.6 Å². The zero-order valence-electron chi connectivity index (χ0n) is 12.1. The van der Waals surface area contributed by atoms with Gasteiger partial charge in [-0.2, -0.15) is 0 Å². The number of benzene rings is 2. The number of methoxy groups -OCH3 is 2. The summed E-state index contributed by atoms with van der Waals surface area (Å²) in [4.78, 5) is 0. The van der Waals surface area contributed by atoms with Crippen molar-refractivity contribution in [1.82, 2.24) is 0 Å². The first-order chi connectivity index (χ1) is 10.0. The molecule has 0 radical (unpaired) electrons. The van der Waals surface area contributed by atoms with Crippen molar-refractivity contribution in [2.75, 3.05) is 14.2 Å². The fraction of sp³-hybridized carbons (Fsp3) is 0.250. The fourth-order valence-electron chi connectivity index (χ4n) is 1.83. The number of hydrogen-bond acceptors (Lipinski definition) is 4. The largest absolute Gasteiger partial charge is 0.496 e. The predicted octanol–water partition coefficient (Wildman–Crippen LogP) is 3.69. The number of aliphatic hydroxyl groups is 1. The molecule has 2 aromatic rings. The van der Waals surface area contributed by atoms with Crippen LogP contribution in [0.15, 0.2) is 36.4 Å². The van der Waals surface area contributed by atoms with E-state index < -0.39 is 11.9 Å². The Hall–Kier alpha value is -2.27. The first kappa shape index (κ1) is 15.1. The van der Waals surface area contributed by atoms with Crippen molar-refractivity contribution in [3.05, 3.63) is 47.8 Å². The molecule has 0 saturated heterocycles. The van der Waals surface area contributed by atoms with Crippen LogP contribution in [-0.4, -0.2) is 19.3 Å². The van der Waals surface area contributed by atoms with Crippen molar-refractivity contribution in [3.8, 4) is 23.0 Å². The minimum atomic E-state index is -0.731. The molecule has 5 heteroatoms. The highest BCUT2D eigenvalue weighted by atomic mass is 19.1. The quantitative estimate of drug-likeness (QED) is 0.913. The number of rotatable bonds is 5. The lowest BCUT2D eigenvalue weighted by atomic mass is 10.1. The van der Waals surface area contributed by atoms with Crippen molar-refractivity contribution in [2.45, 2.75) is 13.0 Å². The van der Waals surface area contributed by atoms with E-state index in [9.17, 15) is 9.50 Å². The van der Waals surface area contributed by atoms with Crippen molar-refractivity contribution in [2.24, 2.45) is 0 Å². The van der Waals surface area contributed by atoms with Crippen LogP contribution in [0.3, 0.4) is 0 Å². The Bertz CT molecular complexity index is 603. The maximum atomic E-state index is 14.0. The maximum Gasteiger partial charge on any atom is 0.166 e. The third-order valence-corrected chi connectivity index (χ3v) is 2.99. The highest BCUT2D eigenvalue weighted by Crippen LogP contribution is 2.32. The lowest BCUT2D eigenvalue weighted by Gasteiger charge is -2.12. The Morgan fingerprint density at radius 1 is 0.952 bits per heavy atom. The monoisotopic (exact) mass is 292 g/mol. The smallest absolute Gasteiger partial charge is 0.166 e. The third-order valence-electron chi connectivity index (χ3n) is 2.99. The summed E-state index contributed by atoms with van der Waals surface area (Å²) in [5.74, 6) is 1.01. The van der Waals surface area contributed by atoms with Gasteiger partial charge in [0, 0.05) is 18.2 Å². The van der Waals surface area contributed by atoms with E-state index in [0.29, 0.717) is 22.8 Å². The molecule has 0 spiro atoms. The summed E-state index contributed by atoms with van der Waals surface area (Å²) in [5, 5.41) is 9.42. The molecule has 0 amide bonds. The average molecular weight is 292 g/mol. The molecule has 21 heavy (non-hydrogen) atoms. The van der Waals surface area contributed by atoms with Gasteiger partial charge in [0.1, 0.15) is 17.2 Å². The molecule has 2 aromatic carbocycles. The molecule has 0 aliphatic heterocycles. The van der Waals surface area contributed by atoms with Crippen LogP contribution in [-0.2, 0) is 0 Å². The second-order valence-electron chi connectivity index (χ2n) is 4.52. The second-order valence-corrected chi connectivity index (χ2v) is 4.52. The minimum absolute atomic E-state index is 0.0645. The number of halogens is 1. The van der Waals surface area contributed by atoms with Crippen molar-refractivity contribution >= 4 is 0 Å². The van der Waals surface area contributed by atoms with Crippen LogP contribution in [0.2, 0.25) is 0 Å². The molecule has 0 heterocycles. The standard InChI is InChI=1S/C16H17FO4/c1-10(18)11-4-5-16(15(17)6-11)21-14-8-12(19-2)7-13(9-14)20-3/h4-10,18H,1-3H3/t10-/m1/s1.